The van der Waals surface area contributed by atoms with Crippen LogP contribution in [0.5, 0.6) is 5.75 Å². The van der Waals surface area contributed by atoms with E-state index in [0.717, 1.165) is 16.9 Å². The summed E-state index contributed by atoms with van der Waals surface area (Å²) in [6.45, 7) is 0.330. The number of carbonyl (C=O) groups is 3. The van der Waals surface area contributed by atoms with Crippen LogP contribution in [-0.4, -0.2) is 52.4 Å². The van der Waals surface area contributed by atoms with Crippen molar-refractivity contribution in [2.24, 2.45) is 9.98 Å². The summed E-state index contributed by atoms with van der Waals surface area (Å²) >= 11 is 1.19. The van der Waals surface area contributed by atoms with E-state index in [4.69, 9.17) is 4.74 Å². The maximum atomic E-state index is 13.4. The molecule has 2 heterocycles. The van der Waals surface area contributed by atoms with Crippen LogP contribution in [0.1, 0.15) is 27.9 Å². The number of thioether (sulfide) groups is 1. The number of benzene rings is 3. The number of ether oxygens (including phenoxy) is 1. The lowest BCUT2D eigenvalue weighted by Gasteiger charge is -2.25. The number of para-hydroxylation sites is 1. The van der Waals surface area contributed by atoms with Gasteiger partial charge < -0.3 is 10.1 Å². The van der Waals surface area contributed by atoms with Gasteiger partial charge in [0.2, 0.25) is 5.91 Å². The minimum atomic E-state index is -0.868. The van der Waals surface area contributed by atoms with E-state index in [1.807, 2.05) is 66.7 Å². The SMILES string of the molecule is COc1ccc(CNC(=O)C[C@H]2N=C3c4ccccc4N=C(SCC(=O)c4ccccc4)N3C2=O)cc1. The Morgan fingerprint density at radius 3 is 2.49 bits per heavy atom. The Bertz CT molecular complexity index is 1400. The third-order valence-electron chi connectivity index (χ3n) is 6.00. The van der Waals surface area contributed by atoms with Gasteiger partial charge in [-0.3, -0.25) is 19.4 Å². The lowest BCUT2D eigenvalue weighted by molar-refractivity contribution is -0.128. The Morgan fingerprint density at radius 2 is 1.73 bits per heavy atom. The number of nitrogens with zero attached hydrogens (tertiary/aromatic N) is 3. The first-order valence-corrected chi connectivity index (χ1v) is 12.7. The topological polar surface area (TPSA) is 100 Å². The minimum Gasteiger partial charge on any atom is -0.497 e. The molecule has 0 unspecified atom stereocenters. The Hall–Kier alpha value is -4.24. The van der Waals surface area contributed by atoms with E-state index in [-0.39, 0.29) is 29.8 Å². The maximum absolute atomic E-state index is 13.4. The second-order valence-electron chi connectivity index (χ2n) is 8.46. The average molecular weight is 513 g/mol. The quantitative estimate of drug-likeness (QED) is 0.460. The van der Waals surface area contributed by atoms with Crippen molar-refractivity contribution >= 4 is 46.1 Å². The molecule has 8 nitrogen and oxygen atoms in total. The lowest BCUT2D eigenvalue weighted by atomic mass is 10.1. The zero-order chi connectivity index (χ0) is 25.8. The van der Waals surface area contributed by atoms with Gasteiger partial charge in [0.15, 0.2) is 11.0 Å². The number of fused-ring (bicyclic) bond motifs is 3. The van der Waals surface area contributed by atoms with E-state index >= 15 is 0 Å². The van der Waals surface area contributed by atoms with Crippen molar-refractivity contribution in [1.82, 2.24) is 10.2 Å². The highest BCUT2D eigenvalue weighted by molar-refractivity contribution is 8.14. The summed E-state index contributed by atoms with van der Waals surface area (Å²) < 4.78 is 5.15. The van der Waals surface area contributed by atoms with Crippen LogP contribution in [-0.2, 0) is 16.1 Å². The molecule has 3 aromatic carbocycles. The fourth-order valence-electron chi connectivity index (χ4n) is 4.06. The molecule has 2 aliphatic heterocycles. The summed E-state index contributed by atoms with van der Waals surface area (Å²) in [4.78, 5) is 49.5. The zero-order valence-corrected chi connectivity index (χ0v) is 20.9. The summed E-state index contributed by atoms with van der Waals surface area (Å²) in [5.74, 6) is 0.638. The number of hydrogen-bond acceptors (Lipinski definition) is 7. The van der Waals surface area contributed by atoms with Crippen molar-refractivity contribution in [3.05, 3.63) is 95.6 Å². The molecule has 0 radical (unpaired) electrons. The molecule has 3 aromatic rings. The largest absolute Gasteiger partial charge is 0.497 e. The Morgan fingerprint density at radius 1 is 1.00 bits per heavy atom. The second kappa shape index (κ2) is 10.8. The molecule has 0 fully saturated rings. The van der Waals surface area contributed by atoms with Gasteiger partial charge >= 0.3 is 0 Å². The molecule has 0 bridgehead atoms. The highest BCUT2D eigenvalue weighted by Crippen LogP contribution is 2.34. The van der Waals surface area contributed by atoms with Crippen LogP contribution in [0.3, 0.4) is 0 Å². The van der Waals surface area contributed by atoms with E-state index < -0.39 is 6.04 Å². The number of amides is 2. The van der Waals surface area contributed by atoms with Gasteiger partial charge in [-0.05, 0) is 29.8 Å². The normalized spacial score (nSPS) is 15.9. The molecule has 0 spiro atoms. The first-order chi connectivity index (χ1) is 18.0. The maximum Gasteiger partial charge on any atom is 0.259 e. The van der Waals surface area contributed by atoms with E-state index in [1.165, 1.54) is 16.7 Å². The summed E-state index contributed by atoms with van der Waals surface area (Å²) in [5.41, 5.74) is 2.90. The van der Waals surface area contributed by atoms with Crippen LogP contribution in [0, 0.1) is 0 Å². The van der Waals surface area contributed by atoms with Gasteiger partial charge in [-0.2, -0.15) is 0 Å². The number of rotatable bonds is 8. The van der Waals surface area contributed by atoms with Crippen molar-refractivity contribution in [3.63, 3.8) is 0 Å². The number of carbonyl (C=O) groups excluding carboxylic acids is 3. The summed E-state index contributed by atoms with van der Waals surface area (Å²) in [6, 6.07) is 22.9. The predicted octanol–water partition coefficient (Wildman–Crippen LogP) is 3.98. The molecule has 9 heteroatoms. The van der Waals surface area contributed by atoms with Crippen LogP contribution in [0.2, 0.25) is 0 Å². The minimum absolute atomic E-state index is 0.0632. The molecule has 186 valence electrons. The van der Waals surface area contributed by atoms with E-state index in [0.29, 0.717) is 28.8 Å². The molecular formula is C28H24N4O4S. The van der Waals surface area contributed by atoms with Gasteiger partial charge in [-0.15, -0.1) is 0 Å². The highest BCUT2D eigenvalue weighted by atomic mass is 32.2. The molecule has 5 rings (SSSR count). The predicted molar refractivity (Wildman–Crippen MR) is 143 cm³/mol. The van der Waals surface area contributed by atoms with Crippen LogP contribution in [0.15, 0.2) is 88.8 Å². The van der Waals surface area contributed by atoms with E-state index in [9.17, 15) is 14.4 Å². The van der Waals surface area contributed by atoms with Gasteiger partial charge in [-0.1, -0.05) is 66.4 Å². The molecule has 2 amide bonds. The third-order valence-corrected chi connectivity index (χ3v) is 6.94. The molecule has 37 heavy (non-hydrogen) atoms. The van der Waals surface area contributed by atoms with Gasteiger partial charge in [-0.25, -0.2) is 9.89 Å². The number of Topliss-reactive ketones (excluding diaryl/α,β-unsaturated/α-hetero) is 1. The molecule has 0 saturated carbocycles. The fourth-order valence-corrected chi connectivity index (χ4v) is 4.96. The first kappa shape index (κ1) is 24.5. The highest BCUT2D eigenvalue weighted by Gasteiger charge is 2.42. The number of amidine groups is 2. The van der Waals surface area contributed by atoms with Crippen LogP contribution < -0.4 is 10.1 Å². The number of nitrogens with one attached hydrogen (secondary N) is 1. The zero-order valence-electron chi connectivity index (χ0n) is 20.1. The molecule has 0 aromatic heterocycles. The average Bonchev–Trinajstić information content (AvgIpc) is 3.27. The first-order valence-electron chi connectivity index (χ1n) is 11.7. The van der Waals surface area contributed by atoms with Gasteiger partial charge in [0, 0.05) is 17.7 Å². The van der Waals surface area contributed by atoms with E-state index in [2.05, 4.69) is 15.3 Å². The molecule has 0 saturated heterocycles. The number of aliphatic imine (C=N–C) groups is 2. The van der Waals surface area contributed by atoms with Crippen molar-refractivity contribution in [2.75, 3.05) is 12.9 Å². The third kappa shape index (κ3) is 5.31. The number of ketones is 1. The molecule has 2 aliphatic rings. The Labute approximate surface area is 218 Å². The number of methoxy groups -OCH3 is 1. The Balaban J connectivity index is 1.29. The Kier molecular flexibility index (Phi) is 7.14. The van der Waals surface area contributed by atoms with Crippen molar-refractivity contribution in [3.8, 4) is 5.75 Å². The monoisotopic (exact) mass is 512 g/mol. The van der Waals surface area contributed by atoms with E-state index in [1.54, 1.807) is 19.2 Å². The summed E-state index contributed by atoms with van der Waals surface area (Å²) in [7, 11) is 1.60. The number of hydrogen-bond donors (Lipinski definition) is 1. The summed E-state index contributed by atoms with van der Waals surface area (Å²) in [6.07, 6.45) is -0.0853. The van der Waals surface area contributed by atoms with Gasteiger partial charge in [0.05, 0.1) is 25.0 Å². The molecule has 1 N–H and O–H groups in total. The molecule has 1 atom stereocenters. The second-order valence-corrected chi connectivity index (χ2v) is 9.40. The summed E-state index contributed by atoms with van der Waals surface area (Å²) in [5, 5.41) is 3.24. The van der Waals surface area contributed by atoms with Crippen LogP contribution in [0.4, 0.5) is 5.69 Å². The lowest BCUT2D eigenvalue weighted by Crippen LogP contribution is -2.42. The fraction of sp³-hybridized carbons (Fsp3) is 0.179. The van der Waals surface area contributed by atoms with Crippen molar-refractivity contribution < 1.29 is 19.1 Å². The molecule has 0 aliphatic carbocycles. The standard InChI is InChI=1S/C28H24N4O4S/c1-36-20-13-11-18(12-14-20)16-29-25(34)15-23-27(35)32-26(30-23)21-9-5-6-10-22(21)31-28(32)37-17-24(33)19-7-3-2-4-8-19/h2-14,23H,15-17H2,1H3,(H,29,34)/t23-/m1/s1. The molecular weight excluding hydrogens is 488 g/mol. The van der Waals surface area contributed by atoms with Crippen molar-refractivity contribution in [1.29, 1.82) is 0 Å². The van der Waals surface area contributed by atoms with Crippen LogP contribution in [0.25, 0.3) is 0 Å². The smallest absolute Gasteiger partial charge is 0.259 e. The van der Waals surface area contributed by atoms with Crippen molar-refractivity contribution in [2.45, 2.75) is 19.0 Å². The van der Waals surface area contributed by atoms with Crippen LogP contribution >= 0.6 is 11.8 Å². The van der Waals surface area contributed by atoms with Gasteiger partial charge in [0.25, 0.3) is 5.91 Å². The van der Waals surface area contributed by atoms with Gasteiger partial charge in [0.1, 0.15) is 17.6 Å².